The summed E-state index contributed by atoms with van der Waals surface area (Å²) in [6.07, 6.45) is 4.20. The van der Waals surface area contributed by atoms with Crippen molar-refractivity contribution < 1.29 is 9.53 Å². The Balaban J connectivity index is 1.57. The molecule has 0 aliphatic heterocycles. The molecule has 2 aromatic heterocycles. The zero-order valence-corrected chi connectivity index (χ0v) is 14.1. The lowest BCUT2D eigenvalue weighted by Gasteiger charge is -2.07. The van der Waals surface area contributed by atoms with Crippen LogP contribution in [0.1, 0.15) is 21.9 Å². The van der Waals surface area contributed by atoms with E-state index in [1.165, 1.54) is 0 Å². The maximum atomic E-state index is 12.2. The van der Waals surface area contributed by atoms with Crippen molar-refractivity contribution in [2.75, 3.05) is 13.7 Å². The van der Waals surface area contributed by atoms with Gasteiger partial charge >= 0.3 is 0 Å². The van der Waals surface area contributed by atoms with E-state index in [9.17, 15) is 4.79 Å². The molecule has 0 fully saturated rings. The molecular formula is C18H19N5O2. The number of carbonyl (C=O) groups is 1. The molecule has 0 aliphatic rings. The Labute approximate surface area is 145 Å². The molecule has 1 aromatic carbocycles. The van der Waals surface area contributed by atoms with E-state index in [2.05, 4.69) is 20.5 Å². The predicted octanol–water partition coefficient (Wildman–Crippen LogP) is 1.95. The van der Waals surface area contributed by atoms with Crippen molar-refractivity contribution in [1.82, 2.24) is 25.1 Å². The molecule has 128 valence electrons. The standard InChI is InChI=1S/C18H19N5O2/c1-13-19-10-11-23(13)17-7-6-16(21-22-17)18(24)20-9-8-14-4-3-5-15(12-14)25-2/h3-7,10-12H,8-9H2,1-2H3,(H,20,24). The molecule has 2 heterocycles. The van der Waals surface area contributed by atoms with Crippen LogP contribution in [-0.4, -0.2) is 39.3 Å². The molecule has 0 atom stereocenters. The van der Waals surface area contributed by atoms with Crippen LogP contribution in [-0.2, 0) is 6.42 Å². The van der Waals surface area contributed by atoms with Crippen LogP contribution in [0.4, 0.5) is 0 Å². The topological polar surface area (TPSA) is 81.9 Å². The van der Waals surface area contributed by atoms with Gasteiger partial charge in [-0.2, -0.15) is 0 Å². The Kier molecular flexibility index (Phi) is 5.03. The Morgan fingerprint density at radius 2 is 2.12 bits per heavy atom. The van der Waals surface area contributed by atoms with Gasteiger partial charge in [0.15, 0.2) is 11.5 Å². The summed E-state index contributed by atoms with van der Waals surface area (Å²) in [7, 11) is 1.63. The second kappa shape index (κ2) is 7.57. The summed E-state index contributed by atoms with van der Waals surface area (Å²) in [5.41, 5.74) is 1.38. The lowest BCUT2D eigenvalue weighted by Crippen LogP contribution is -2.26. The van der Waals surface area contributed by atoms with E-state index >= 15 is 0 Å². The number of imidazole rings is 1. The molecule has 0 radical (unpaired) electrons. The maximum absolute atomic E-state index is 12.2. The number of amides is 1. The Bertz CT molecular complexity index is 858. The molecule has 0 saturated heterocycles. The monoisotopic (exact) mass is 337 g/mol. The molecular weight excluding hydrogens is 318 g/mol. The summed E-state index contributed by atoms with van der Waals surface area (Å²) in [4.78, 5) is 16.3. The largest absolute Gasteiger partial charge is 0.497 e. The van der Waals surface area contributed by atoms with Crippen LogP contribution in [0.5, 0.6) is 5.75 Å². The van der Waals surface area contributed by atoms with E-state index in [-0.39, 0.29) is 11.6 Å². The molecule has 0 spiro atoms. The first kappa shape index (κ1) is 16.6. The molecule has 7 nitrogen and oxygen atoms in total. The first-order chi connectivity index (χ1) is 12.2. The summed E-state index contributed by atoms with van der Waals surface area (Å²) < 4.78 is 6.99. The van der Waals surface area contributed by atoms with Gasteiger partial charge in [0.05, 0.1) is 7.11 Å². The fourth-order valence-electron chi connectivity index (χ4n) is 2.43. The van der Waals surface area contributed by atoms with Gasteiger partial charge < -0.3 is 10.1 Å². The third-order valence-corrected chi connectivity index (χ3v) is 3.79. The zero-order valence-electron chi connectivity index (χ0n) is 14.1. The van der Waals surface area contributed by atoms with Crippen molar-refractivity contribution in [2.24, 2.45) is 0 Å². The highest BCUT2D eigenvalue weighted by molar-refractivity contribution is 5.92. The minimum absolute atomic E-state index is 0.246. The highest BCUT2D eigenvalue weighted by atomic mass is 16.5. The quantitative estimate of drug-likeness (QED) is 0.743. The van der Waals surface area contributed by atoms with Crippen LogP contribution < -0.4 is 10.1 Å². The van der Waals surface area contributed by atoms with E-state index in [0.29, 0.717) is 18.8 Å². The van der Waals surface area contributed by atoms with E-state index in [4.69, 9.17) is 4.74 Å². The molecule has 0 aliphatic carbocycles. The summed E-state index contributed by atoms with van der Waals surface area (Å²) >= 11 is 0. The maximum Gasteiger partial charge on any atom is 0.271 e. The highest BCUT2D eigenvalue weighted by Gasteiger charge is 2.09. The number of ether oxygens (including phenoxy) is 1. The predicted molar refractivity (Wildman–Crippen MR) is 92.9 cm³/mol. The number of aryl methyl sites for hydroxylation is 1. The molecule has 3 rings (SSSR count). The first-order valence-electron chi connectivity index (χ1n) is 7.92. The number of rotatable bonds is 6. The number of benzene rings is 1. The number of hydrogen-bond acceptors (Lipinski definition) is 5. The lowest BCUT2D eigenvalue weighted by atomic mass is 10.1. The van der Waals surface area contributed by atoms with Crippen molar-refractivity contribution in [3.05, 3.63) is 65.9 Å². The molecule has 1 N–H and O–H groups in total. The van der Waals surface area contributed by atoms with Crippen molar-refractivity contribution in [1.29, 1.82) is 0 Å². The van der Waals surface area contributed by atoms with E-state index in [1.54, 1.807) is 36.2 Å². The average molecular weight is 337 g/mol. The molecule has 0 bridgehead atoms. The second-order valence-electron chi connectivity index (χ2n) is 5.48. The van der Waals surface area contributed by atoms with Crippen molar-refractivity contribution in [2.45, 2.75) is 13.3 Å². The number of carbonyl (C=O) groups excluding carboxylic acids is 1. The Morgan fingerprint density at radius 1 is 1.24 bits per heavy atom. The fourth-order valence-corrected chi connectivity index (χ4v) is 2.43. The van der Waals surface area contributed by atoms with Gasteiger partial charge in [-0.3, -0.25) is 9.36 Å². The third kappa shape index (κ3) is 4.00. The molecule has 0 unspecified atom stereocenters. The molecule has 3 aromatic rings. The third-order valence-electron chi connectivity index (χ3n) is 3.79. The summed E-state index contributed by atoms with van der Waals surface area (Å²) in [6.45, 7) is 2.39. The van der Waals surface area contributed by atoms with Crippen molar-refractivity contribution in [3.8, 4) is 11.6 Å². The SMILES string of the molecule is COc1cccc(CCNC(=O)c2ccc(-n3ccnc3C)nn2)c1. The van der Waals surface area contributed by atoms with Crippen LogP contribution in [0, 0.1) is 6.92 Å². The van der Waals surface area contributed by atoms with Gasteiger partial charge in [0, 0.05) is 18.9 Å². The summed E-state index contributed by atoms with van der Waals surface area (Å²) in [5.74, 6) is 2.00. The molecule has 1 amide bonds. The molecule has 25 heavy (non-hydrogen) atoms. The van der Waals surface area contributed by atoms with Gasteiger partial charge in [-0.15, -0.1) is 10.2 Å². The van der Waals surface area contributed by atoms with Gasteiger partial charge in [0.25, 0.3) is 5.91 Å². The number of nitrogens with one attached hydrogen (secondary N) is 1. The minimum Gasteiger partial charge on any atom is -0.497 e. The van der Waals surface area contributed by atoms with Crippen molar-refractivity contribution in [3.63, 3.8) is 0 Å². The first-order valence-corrected chi connectivity index (χ1v) is 7.92. The highest BCUT2D eigenvalue weighted by Crippen LogP contribution is 2.12. The average Bonchev–Trinajstić information content (AvgIpc) is 3.08. The number of nitrogens with zero attached hydrogens (tertiary/aromatic N) is 4. The summed E-state index contributed by atoms with van der Waals surface area (Å²) in [6, 6.07) is 11.2. The van der Waals surface area contributed by atoms with Crippen LogP contribution in [0.2, 0.25) is 0 Å². The van der Waals surface area contributed by atoms with Crippen LogP contribution in [0.25, 0.3) is 5.82 Å². The van der Waals surface area contributed by atoms with Gasteiger partial charge in [-0.25, -0.2) is 4.98 Å². The fraction of sp³-hybridized carbons (Fsp3) is 0.222. The Morgan fingerprint density at radius 3 is 2.80 bits per heavy atom. The van der Waals surface area contributed by atoms with E-state index in [0.717, 1.165) is 17.1 Å². The number of methoxy groups -OCH3 is 1. The van der Waals surface area contributed by atoms with Gasteiger partial charge in [-0.1, -0.05) is 12.1 Å². The van der Waals surface area contributed by atoms with Gasteiger partial charge in [0.1, 0.15) is 11.6 Å². The number of aromatic nitrogens is 4. The summed E-state index contributed by atoms with van der Waals surface area (Å²) in [5, 5.41) is 10.9. The zero-order chi connectivity index (χ0) is 17.6. The van der Waals surface area contributed by atoms with Crippen LogP contribution in [0.15, 0.2) is 48.8 Å². The van der Waals surface area contributed by atoms with Crippen LogP contribution in [0.3, 0.4) is 0 Å². The van der Waals surface area contributed by atoms with Gasteiger partial charge in [0.2, 0.25) is 0 Å². The Hall–Kier alpha value is -3.22. The lowest BCUT2D eigenvalue weighted by molar-refractivity contribution is 0.0948. The smallest absolute Gasteiger partial charge is 0.271 e. The molecule has 0 saturated carbocycles. The normalized spacial score (nSPS) is 10.5. The minimum atomic E-state index is -0.246. The van der Waals surface area contributed by atoms with E-state index < -0.39 is 0 Å². The van der Waals surface area contributed by atoms with E-state index in [1.807, 2.05) is 31.2 Å². The molecule has 7 heteroatoms. The number of hydrogen-bond donors (Lipinski definition) is 1. The van der Waals surface area contributed by atoms with Crippen molar-refractivity contribution >= 4 is 5.91 Å². The second-order valence-corrected chi connectivity index (χ2v) is 5.48. The van der Waals surface area contributed by atoms with Gasteiger partial charge in [-0.05, 0) is 43.2 Å². The van der Waals surface area contributed by atoms with Crippen LogP contribution >= 0.6 is 0 Å².